The van der Waals surface area contributed by atoms with E-state index < -0.39 is 0 Å². The fourth-order valence-electron chi connectivity index (χ4n) is 3.19. The van der Waals surface area contributed by atoms with Crippen molar-refractivity contribution >= 4 is 0 Å². The first-order chi connectivity index (χ1) is 8.54. The maximum Gasteiger partial charge on any atom is 0.0233 e. The quantitative estimate of drug-likeness (QED) is 0.768. The summed E-state index contributed by atoms with van der Waals surface area (Å²) < 4.78 is 0. The third-order valence-electron chi connectivity index (χ3n) is 4.00. The van der Waals surface area contributed by atoms with Gasteiger partial charge in [-0.3, -0.25) is 4.90 Å². The molecule has 1 heterocycles. The van der Waals surface area contributed by atoms with Crippen LogP contribution in [0.2, 0.25) is 0 Å². The monoisotopic (exact) mass is 245 g/mol. The van der Waals surface area contributed by atoms with Gasteiger partial charge in [0.25, 0.3) is 0 Å². The Morgan fingerprint density at radius 1 is 1.06 bits per heavy atom. The molecule has 1 aromatic rings. The molecule has 1 aromatic carbocycles. The lowest BCUT2D eigenvalue weighted by Crippen LogP contribution is -2.38. The molecule has 2 rings (SSSR count). The van der Waals surface area contributed by atoms with E-state index >= 15 is 0 Å². The topological polar surface area (TPSA) is 3.24 Å². The smallest absolute Gasteiger partial charge is 0.0233 e. The summed E-state index contributed by atoms with van der Waals surface area (Å²) in [5.74, 6) is 2.33. The van der Waals surface area contributed by atoms with Gasteiger partial charge in [0.2, 0.25) is 0 Å². The summed E-state index contributed by atoms with van der Waals surface area (Å²) in [5.41, 5.74) is 2.90. The van der Waals surface area contributed by atoms with E-state index in [1.54, 1.807) is 0 Å². The van der Waals surface area contributed by atoms with Crippen LogP contribution in [0.25, 0.3) is 0 Å². The van der Waals surface area contributed by atoms with E-state index in [1.807, 2.05) is 0 Å². The van der Waals surface area contributed by atoms with Crippen LogP contribution in [0.1, 0.15) is 51.2 Å². The second-order valence-corrected chi connectivity index (χ2v) is 6.54. The summed E-state index contributed by atoms with van der Waals surface area (Å²) in [6.45, 7) is 12.9. The second kappa shape index (κ2) is 5.88. The van der Waals surface area contributed by atoms with Gasteiger partial charge in [0.15, 0.2) is 0 Å². The lowest BCUT2D eigenvalue weighted by atomic mass is 9.91. The second-order valence-electron chi connectivity index (χ2n) is 6.54. The molecular weight excluding hydrogens is 218 g/mol. The zero-order valence-electron chi connectivity index (χ0n) is 12.3. The van der Waals surface area contributed by atoms with Gasteiger partial charge in [-0.25, -0.2) is 0 Å². The van der Waals surface area contributed by atoms with Crippen molar-refractivity contribution in [2.24, 2.45) is 11.8 Å². The van der Waals surface area contributed by atoms with Gasteiger partial charge in [-0.2, -0.15) is 0 Å². The first-order valence-corrected chi connectivity index (χ1v) is 7.35. The predicted octanol–water partition coefficient (Wildman–Crippen LogP) is 4.29. The minimum absolute atomic E-state index is 0.633. The molecule has 1 fully saturated rings. The highest BCUT2D eigenvalue weighted by molar-refractivity contribution is 5.24. The van der Waals surface area contributed by atoms with Crippen molar-refractivity contribution in [2.45, 2.75) is 46.6 Å². The molecule has 1 aliphatic rings. The molecule has 0 amide bonds. The molecule has 0 aromatic heterocycles. The molecule has 0 spiro atoms. The molecule has 0 bridgehead atoms. The maximum atomic E-state index is 2.61. The van der Waals surface area contributed by atoms with Crippen LogP contribution < -0.4 is 0 Å². The van der Waals surface area contributed by atoms with Crippen molar-refractivity contribution < 1.29 is 0 Å². The number of benzene rings is 1. The summed E-state index contributed by atoms with van der Waals surface area (Å²) >= 11 is 0. The Labute approximate surface area is 112 Å². The van der Waals surface area contributed by atoms with E-state index in [4.69, 9.17) is 0 Å². The van der Waals surface area contributed by atoms with Crippen LogP contribution in [0.3, 0.4) is 0 Å². The number of likely N-dealkylation sites (tertiary alicyclic amines) is 1. The zero-order chi connectivity index (χ0) is 13.1. The Hall–Kier alpha value is -0.820. The van der Waals surface area contributed by atoms with Crippen molar-refractivity contribution in [3.8, 4) is 0 Å². The summed E-state index contributed by atoms with van der Waals surface area (Å²) in [6.07, 6.45) is 1.39. The van der Waals surface area contributed by atoms with Gasteiger partial charge in [-0.05, 0) is 35.3 Å². The van der Waals surface area contributed by atoms with Gasteiger partial charge >= 0.3 is 0 Å². The van der Waals surface area contributed by atoms with Crippen LogP contribution in [0.4, 0.5) is 0 Å². The highest BCUT2D eigenvalue weighted by atomic mass is 15.1. The average Bonchev–Trinajstić information content (AvgIpc) is 2.28. The van der Waals surface area contributed by atoms with Crippen LogP contribution in [-0.2, 0) is 6.54 Å². The summed E-state index contributed by atoms with van der Waals surface area (Å²) in [7, 11) is 0. The lowest BCUT2D eigenvalue weighted by Gasteiger charge is -2.35. The molecule has 100 valence electrons. The third-order valence-corrected chi connectivity index (χ3v) is 4.00. The summed E-state index contributed by atoms with van der Waals surface area (Å²) in [6, 6.07) is 9.19. The highest BCUT2D eigenvalue weighted by Crippen LogP contribution is 2.23. The Balaban J connectivity index is 1.96. The van der Waals surface area contributed by atoms with E-state index in [9.17, 15) is 0 Å². The minimum Gasteiger partial charge on any atom is -0.299 e. The lowest BCUT2D eigenvalue weighted by molar-refractivity contribution is 0.134. The molecule has 18 heavy (non-hydrogen) atoms. The van der Waals surface area contributed by atoms with Crippen LogP contribution in [0.5, 0.6) is 0 Å². The number of rotatable bonds is 3. The first-order valence-electron chi connectivity index (χ1n) is 7.35. The van der Waals surface area contributed by atoms with E-state index in [1.165, 1.54) is 30.6 Å². The van der Waals surface area contributed by atoms with Crippen LogP contribution in [-0.4, -0.2) is 18.0 Å². The normalized spacial score (nSPS) is 25.6. The third kappa shape index (κ3) is 3.58. The molecule has 1 saturated heterocycles. The number of piperidine rings is 1. The maximum absolute atomic E-state index is 2.61. The van der Waals surface area contributed by atoms with Gasteiger partial charge in [0.1, 0.15) is 0 Å². The van der Waals surface area contributed by atoms with Gasteiger partial charge in [-0.1, -0.05) is 52.0 Å². The van der Waals surface area contributed by atoms with E-state index in [0.29, 0.717) is 5.92 Å². The van der Waals surface area contributed by atoms with Crippen LogP contribution in [0, 0.1) is 11.8 Å². The van der Waals surface area contributed by atoms with Crippen LogP contribution >= 0.6 is 0 Å². The van der Waals surface area contributed by atoms with E-state index in [-0.39, 0.29) is 0 Å². The van der Waals surface area contributed by atoms with Crippen molar-refractivity contribution in [1.29, 1.82) is 0 Å². The van der Waals surface area contributed by atoms with E-state index in [2.05, 4.69) is 56.9 Å². The average molecular weight is 245 g/mol. The molecule has 2 atom stereocenters. The van der Waals surface area contributed by atoms with Gasteiger partial charge in [0, 0.05) is 19.6 Å². The van der Waals surface area contributed by atoms with Crippen molar-refractivity contribution in [2.75, 3.05) is 13.1 Å². The zero-order valence-corrected chi connectivity index (χ0v) is 12.3. The predicted molar refractivity (Wildman–Crippen MR) is 78.8 cm³/mol. The first kappa shape index (κ1) is 13.6. The van der Waals surface area contributed by atoms with Gasteiger partial charge < -0.3 is 0 Å². The van der Waals surface area contributed by atoms with Gasteiger partial charge in [0.05, 0.1) is 0 Å². The number of hydrogen-bond donors (Lipinski definition) is 0. The largest absolute Gasteiger partial charge is 0.299 e. The summed E-state index contributed by atoms with van der Waals surface area (Å²) in [4.78, 5) is 2.61. The fraction of sp³-hybridized carbons (Fsp3) is 0.647. The molecule has 2 unspecified atom stereocenters. The minimum atomic E-state index is 0.633. The van der Waals surface area contributed by atoms with Crippen molar-refractivity contribution in [1.82, 2.24) is 4.90 Å². The highest BCUT2D eigenvalue weighted by Gasteiger charge is 2.21. The SMILES string of the molecule is CC1CC(C)CN(Cc2ccc(C(C)C)cc2)C1. The molecule has 1 aliphatic heterocycles. The standard InChI is InChI=1S/C17H27N/c1-13(2)17-7-5-16(6-8-17)12-18-10-14(3)9-15(4)11-18/h5-8,13-15H,9-12H2,1-4H3. The molecule has 0 saturated carbocycles. The summed E-state index contributed by atoms with van der Waals surface area (Å²) in [5, 5.41) is 0. The molecular formula is C17H27N. The van der Waals surface area contributed by atoms with Crippen molar-refractivity contribution in [3.63, 3.8) is 0 Å². The Kier molecular flexibility index (Phi) is 4.45. The van der Waals surface area contributed by atoms with E-state index in [0.717, 1.165) is 18.4 Å². The molecule has 0 N–H and O–H groups in total. The molecule has 0 aliphatic carbocycles. The Morgan fingerprint density at radius 3 is 2.11 bits per heavy atom. The Bertz CT molecular complexity index is 356. The molecule has 1 nitrogen and oxygen atoms in total. The Morgan fingerprint density at radius 2 is 1.61 bits per heavy atom. The fourth-order valence-corrected chi connectivity index (χ4v) is 3.19. The molecule has 0 radical (unpaired) electrons. The van der Waals surface area contributed by atoms with Crippen molar-refractivity contribution in [3.05, 3.63) is 35.4 Å². The molecule has 1 heteroatoms. The van der Waals surface area contributed by atoms with Crippen LogP contribution in [0.15, 0.2) is 24.3 Å². The van der Waals surface area contributed by atoms with Gasteiger partial charge in [-0.15, -0.1) is 0 Å². The number of nitrogens with zero attached hydrogens (tertiary/aromatic N) is 1. The number of hydrogen-bond acceptors (Lipinski definition) is 1.